The van der Waals surface area contributed by atoms with Crippen LogP contribution in [0.4, 0.5) is 0 Å². The third-order valence-electron chi connectivity index (χ3n) is 5.82. The van der Waals surface area contributed by atoms with E-state index in [9.17, 15) is 9.90 Å². The summed E-state index contributed by atoms with van der Waals surface area (Å²) in [5.74, 6) is 1.21. The number of ether oxygens (including phenoxy) is 3. The van der Waals surface area contributed by atoms with Crippen LogP contribution < -0.4 is 9.47 Å². The SMILES string of the molecule is CCOc1ccc([C@@H]2c3c(-c4cc(C)ccc4O)n[nH]c3C(=O)N2CCCOC)cc1OC. The number of phenolic OH excluding ortho intramolecular Hbond substituents is 1. The predicted octanol–water partition coefficient (Wildman–Crippen LogP) is 4.08. The Morgan fingerprint density at radius 2 is 1.97 bits per heavy atom. The summed E-state index contributed by atoms with van der Waals surface area (Å²) in [5, 5.41) is 17.9. The summed E-state index contributed by atoms with van der Waals surface area (Å²) in [6.07, 6.45) is 0.690. The number of H-pyrrole nitrogens is 1. The number of carbonyl (C=O) groups excluding carboxylic acids is 1. The van der Waals surface area contributed by atoms with Crippen LogP contribution in [0.1, 0.15) is 46.6 Å². The molecule has 2 N–H and O–H groups in total. The monoisotopic (exact) mass is 451 g/mol. The summed E-state index contributed by atoms with van der Waals surface area (Å²) in [6.45, 7) is 5.44. The van der Waals surface area contributed by atoms with E-state index < -0.39 is 6.04 Å². The third-order valence-corrected chi connectivity index (χ3v) is 5.82. The zero-order valence-electron chi connectivity index (χ0n) is 19.3. The van der Waals surface area contributed by atoms with Crippen LogP contribution >= 0.6 is 0 Å². The van der Waals surface area contributed by atoms with Gasteiger partial charge in [-0.2, -0.15) is 5.10 Å². The fraction of sp³-hybridized carbons (Fsp3) is 0.360. The van der Waals surface area contributed by atoms with Crippen molar-refractivity contribution in [2.45, 2.75) is 26.3 Å². The first kappa shape index (κ1) is 22.7. The molecule has 0 spiro atoms. The zero-order chi connectivity index (χ0) is 23.5. The Morgan fingerprint density at radius 3 is 2.70 bits per heavy atom. The van der Waals surface area contributed by atoms with Gasteiger partial charge in [-0.15, -0.1) is 0 Å². The first-order chi connectivity index (χ1) is 16.0. The van der Waals surface area contributed by atoms with Crippen LogP contribution in [0.15, 0.2) is 36.4 Å². The average Bonchev–Trinajstić information content (AvgIpc) is 3.35. The Hall–Kier alpha value is -3.52. The second kappa shape index (κ2) is 9.54. The number of aromatic nitrogens is 2. The van der Waals surface area contributed by atoms with Gasteiger partial charge in [-0.3, -0.25) is 9.89 Å². The number of amides is 1. The van der Waals surface area contributed by atoms with Crippen molar-refractivity contribution >= 4 is 5.91 Å². The van der Waals surface area contributed by atoms with Crippen LogP contribution in [-0.2, 0) is 4.74 Å². The number of carbonyl (C=O) groups is 1. The lowest BCUT2D eigenvalue weighted by atomic mass is 9.94. The summed E-state index contributed by atoms with van der Waals surface area (Å²) >= 11 is 0. The van der Waals surface area contributed by atoms with Gasteiger partial charge in [0, 0.05) is 31.4 Å². The molecular weight excluding hydrogens is 422 g/mol. The molecule has 1 amide bonds. The predicted molar refractivity (Wildman–Crippen MR) is 124 cm³/mol. The van der Waals surface area contributed by atoms with Gasteiger partial charge in [0.05, 0.1) is 19.8 Å². The number of benzene rings is 2. The molecule has 2 heterocycles. The minimum absolute atomic E-state index is 0.114. The molecule has 8 nitrogen and oxygen atoms in total. The van der Waals surface area contributed by atoms with Crippen molar-refractivity contribution in [2.24, 2.45) is 0 Å². The number of aryl methyl sites for hydroxylation is 1. The highest BCUT2D eigenvalue weighted by atomic mass is 16.5. The van der Waals surface area contributed by atoms with Crippen LogP contribution in [0.25, 0.3) is 11.3 Å². The summed E-state index contributed by atoms with van der Waals surface area (Å²) in [6, 6.07) is 10.7. The van der Waals surface area contributed by atoms with E-state index in [2.05, 4.69) is 10.2 Å². The van der Waals surface area contributed by atoms with Gasteiger partial charge >= 0.3 is 0 Å². The minimum atomic E-state index is -0.400. The lowest BCUT2D eigenvalue weighted by Gasteiger charge is -2.27. The Bertz CT molecular complexity index is 1160. The summed E-state index contributed by atoms with van der Waals surface area (Å²) in [7, 11) is 3.24. The summed E-state index contributed by atoms with van der Waals surface area (Å²) in [4.78, 5) is 15.2. The highest BCUT2D eigenvalue weighted by Crippen LogP contribution is 2.46. The number of rotatable bonds is 9. The maximum atomic E-state index is 13.4. The lowest BCUT2D eigenvalue weighted by molar-refractivity contribution is 0.0723. The molecule has 4 rings (SSSR count). The number of nitrogens with one attached hydrogen (secondary N) is 1. The number of fused-ring (bicyclic) bond motifs is 1. The smallest absolute Gasteiger partial charge is 0.273 e. The number of phenols is 1. The van der Waals surface area contributed by atoms with Gasteiger partial charge in [0.1, 0.15) is 17.1 Å². The lowest BCUT2D eigenvalue weighted by Crippen LogP contribution is -2.31. The fourth-order valence-corrected chi connectivity index (χ4v) is 4.33. The number of hydrogen-bond donors (Lipinski definition) is 2. The first-order valence-electron chi connectivity index (χ1n) is 11.0. The van der Waals surface area contributed by atoms with E-state index in [0.717, 1.165) is 16.7 Å². The van der Waals surface area contributed by atoms with E-state index >= 15 is 0 Å². The van der Waals surface area contributed by atoms with Gasteiger partial charge in [0.2, 0.25) is 0 Å². The molecule has 1 aromatic heterocycles. The quantitative estimate of drug-likeness (QED) is 0.476. The van der Waals surface area contributed by atoms with Crippen molar-refractivity contribution in [3.8, 4) is 28.5 Å². The van der Waals surface area contributed by atoms with Crippen LogP contribution in [0.2, 0.25) is 0 Å². The van der Waals surface area contributed by atoms with Gasteiger partial charge in [0.25, 0.3) is 5.91 Å². The molecule has 0 bridgehead atoms. The number of nitrogens with zero attached hydrogens (tertiary/aromatic N) is 2. The van der Waals surface area contributed by atoms with E-state index in [1.165, 1.54) is 0 Å². The Morgan fingerprint density at radius 1 is 1.15 bits per heavy atom. The average molecular weight is 452 g/mol. The first-order valence-corrected chi connectivity index (χ1v) is 11.0. The minimum Gasteiger partial charge on any atom is -0.507 e. The fourth-order valence-electron chi connectivity index (χ4n) is 4.33. The van der Waals surface area contributed by atoms with Crippen LogP contribution in [-0.4, -0.2) is 60.1 Å². The van der Waals surface area contributed by atoms with E-state index in [4.69, 9.17) is 14.2 Å². The second-order valence-electron chi connectivity index (χ2n) is 7.97. The van der Waals surface area contributed by atoms with Crippen LogP contribution in [0.5, 0.6) is 17.2 Å². The number of aromatic hydroxyl groups is 1. The Balaban J connectivity index is 1.86. The summed E-state index contributed by atoms with van der Waals surface area (Å²) in [5.41, 5.74) is 4.18. The molecule has 0 fully saturated rings. The van der Waals surface area contributed by atoms with Crippen molar-refractivity contribution in [3.05, 3.63) is 58.8 Å². The topological polar surface area (TPSA) is 96.9 Å². The normalized spacial score (nSPS) is 15.1. The maximum Gasteiger partial charge on any atom is 0.273 e. The van der Waals surface area contributed by atoms with Gasteiger partial charge in [0.15, 0.2) is 11.5 Å². The number of hydrogen-bond acceptors (Lipinski definition) is 6. The van der Waals surface area contributed by atoms with Crippen molar-refractivity contribution < 1.29 is 24.1 Å². The van der Waals surface area contributed by atoms with E-state index in [-0.39, 0.29) is 11.7 Å². The molecule has 8 heteroatoms. The van der Waals surface area contributed by atoms with Gasteiger partial charge in [-0.05, 0) is 50.1 Å². The van der Waals surface area contributed by atoms with Gasteiger partial charge < -0.3 is 24.2 Å². The van der Waals surface area contributed by atoms with Crippen molar-refractivity contribution in [1.29, 1.82) is 0 Å². The number of methoxy groups -OCH3 is 2. The van der Waals surface area contributed by atoms with Gasteiger partial charge in [-0.25, -0.2) is 0 Å². The molecule has 0 radical (unpaired) electrons. The second-order valence-corrected chi connectivity index (χ2v) is 7.97. The largest absolute Gasteiger partial charge is 0.507 e. The third kappa shape index (κ3) is 4.14. The molecule has 0 saturated carbocycles. The van der Waals surface area contributed by atoms with Crippen molar-refractivity contribution in [2.75, 3.05) is 34.0 Å². The summed E-state index contributed by atoms with van der Waals surface area (Å²) < 4.78 is 16.5. The molecule has 33 heavy (non-hydrogen) atoms. The molecule has 2 aromatic carbocycles. The molecule has 0 unspecified atom stereocenters. The Kier molecular flexibility index (Phi) is 6.55. The molecule has 1 aliphatic heterocycles. The highest BCUT2D eigenvalue weighted by molar-refractivity contribution is 6.00. The highest BCUT2D eigenvalue weighted by Gasteiger charge is 2.42. The van der Waals surface area contributed by atoms with E-state index in [0.29, 0.717) is 54.6 Å². The van der Waals surface area contributed by atoms with E-state index in [1.807, 2.05) is 49.1 Å². The van der Waals surface area contributed by atoms with Crippen molar-refractivity contribution in [3.63, 3.8) is 0 Å². The maximum absolute atomic E-state index is 13.4. The Labute approximate surface area is 193 Å². The van der Waals surface area contributed by atoms with E-state index in [1.54, 1.807) is 20.3 Å². The van der Waals surface area contributed by atoms with Crippen LogP contribution in [0.3, 0.4) is 0 Å². The molecule has 1 atom stereocenters. The zero-order valence-corrected chi connectivity index (χ0v) is 19.3. The van der Waals surface area contributed by atoms with Crippen LogP contribution in [0, 0.1) is 6.92 Å². The molecule has 0 saturated heterocycles. The molecule has 1 aliphatic rings. The molecular formula is C25H29N3O5. The van der Waals surface area contributed by atoms with Crippen molar-refractivity contribution in [1.82, 2.24) is 15.1 Å². The molecule has 3 aromatic rings. The molecule has 174 valence electrons. The molecule has 0 aliphatic carbocycles. The van der Waals surface area contributed by atoms with Gasteiger partial charge in [-0.1, -0.05) is 17.7 Å². The standard InChI is InChI=1S/C25H29N3O5/c1-5-33-19-10-8-16(14-20(19)32-4)24-21-22(17-13-15(2)7-9-18(17)29)26-27-23(21)25(30)28(24)11-6-12-31-3/h7-10,13-14,24,29H,5-6,11-12H2,1-4H3,(H,26,27)/t24-/m1/s1. The number of aromatic amines is 1.